The van der Waals surface area contributed by atoms with Gasteiger partial charge in [-0.05, 0) is 60.7 Å². The summed E-state index contributed by atoms with van der Waals surface area (Å²) in [6.07, 6.45) is 0. The third-order valence-corrected chi connectivity index (χ3v) is 3.30. The average molecular weight is 244 g/mol. The van der Waals surface area contributed by atoms with Crippen LogP contribution in [0.25, 0.3) is 11.1 Å². The van der Waals surface area contributed by atoms with Crippen molar-refractivity contribution in [1.82, 2.24) is 0 Å². The molecule has 2 aromatic rings. The fraction of sp³-hybridized carbons (Fsp3) is 0.200. The normalized spacial score (nSPS) is 10.6. The van der Waals surface area contributed by atoms with Crippen LogP contribution in [0.4, 0.5) is 0 Å². The summed E-state index contributed by atoms with van der Waals surface area (Å²) >= 11 is 0. The summed E-state index contributed by atoms with van der Waals surface area (Å²) in [7, 11) is 0. The first kappa shape index (κ1) is 12.3. The second-order valence-electron chi connectivity index (χ2n) is 4.56. The number of phenols is 3. The lowest BCUT2D eigenvalue weighted by molar-refractivity contribution is 0.368. The van der Waals surface area contributed by atoms with Crippen LogP contribution in [0.3, 0.4) is 0 Å². The molecule has 0 unspecified atom stereocenters. The Balaban J connectivity index is 2.74. The first-order valence-corrected chi connectivity index (χ1v) is 5.74. The summed E-state index contributed by atoms with van der Waals surface area (Å²) in [6, 6.07) is 6.96. The summed E-state index contributed by atoms with van der Waals surface area (Å²) in [5, 5.41) is 28.5. The highest BCUT2D eigenvalue weighted by Crippen LogP contribution is 2.40. The highest BCUT2D eigenvalue weighted by Gasteiger charge is 2.13. The van der Waals surface area contributed by atoms with Gasteiger partial charge < -0.3 is 15.3 Å². The molecule has 3 nitrogen and oxygen atoms in total. The zero-order valence-electron chi connectivity index (χ0n) is 10.7. The number of hydrogen-bond donors (Lipinski definition) is 3. The molecule has 0 aliphatic carbocycles. The molecule has 0 aromatic heterocycles. The molecular formula is C15H16O3. The van der Waals surface area contributed by atoms with Gasteiger partial charge in [-0.3, -0.25) is 0 Å². The Bertz CT molecular complexity index is 592. The lowest BCUT2D eigenvalue weighted by Gasteiger charge is -2.14. The molecule has 0 fully saturated rings. The molecule has 0 saturated carbocycles. The predicted molar refractivity (Wildman–Crippen MR) is 71.1 cm³/mol. The number of hydrogen-bond acceptors (Lipinski definition) is 3. The van der Waals surface area contributed by atoms with Crippen molar-refractivity contribution in [3.63, 3.8) is 0 Å². The molecule has 0 heterocycles. The maximum atomic E-state index is 9.58. The van der Waals surface area contributed by atoms with Crippen LogP contribution in [0, 0.1) is 20.8 Å². The molecule has 0 aliphatic heterocycles. The van der Waals surface area contributed by atoms with Crippen molar-refractivity contribution < 1.29 is 15.3 Å². The van der Waals surface area contributed by atoms with E-state index in [-0.39, 0.29) is 11.5 Å². The molecule has 0 amide bonds. The minimum atomic E-state index is -0.485. The van der Waals surface area contributed by atoms with Crippen LogP contribution in [-0.2, 0) is 0 Å². The fourth-order valence-corrected chi connectivity index (χ4v) is 2.14. The zero-order chi connectivity index (χ0) is 13.4. The second kappa shape index (κ2) is 4.26. The Kier molecular flexibility index (Phi) is 2.91. The van der Waals surface area contributed by atoms with Crippen LogP contribution in [-0.4, -0.2) is 15.3 Å². The molecule has 0 radical (unpaired) electrons. The summed E-state index contributed by atoms with van der Waals surface area (Å²) in [5.74, 6) is -1.11. The van der Waals surface area contributed by atoms with Gasteiger partial charge in [-0.1, -0.05) is 12.1 Å². The molecule has 3 heteroatoms. The van der Waals surface area contributed by atoms with E-state index >= 15 is 0 Å². The van der Waals surface area contributed by atoms with E-state index in [9.17, 15) is 15.3 Å². The van der Waals surface area contributed by atoms with Crippen molar-refractivity contribution in [1.29, 1.82) is 0 Å². The first-order valence-electron chi connectivity index (χ1n) is 5.74. The Morgan fingerprint density at radius 2 is 1.28 bits per heavy atom. The van der Waals surface area contributed by atoms with Gasteiger partial charge in [0.1, 0.15) is 0 Å². The van der Waals surface area contributed by atoms with Gasteiger partial charge in [0.15, 0.2) is 17.2 Å². The predicted octanol–water partition coefficient (Wildman–Crippen LogP) is 3.40. The van der Waals surface area contributed by atoms with Crippen molar-refractivity contribution in [2.75, 3.05) is 0 Å². The van der Waals surface area contributed by atoms with Crippen LogP contribution in [0.1, 0.15) is 16.7 Å². The van der Waals surface area contributed by atoms with Gasteiger partial charge in [-0.25, -0.2) is 0 Å². The molecule has 0 saturated heterocycles. The molecule has 18 heavy (non-hydrogen) atoms. The number of phenolic OH excluding ortho intramolecular Hbond substituents is 3. The maximum absolute atomic E-state index is 9.58. The summed E-state index contributed by atoms with van der Waals surface area (Å²) in [6.45, 7) is 5.99. The molecular weight excluding hydrogens is 228 g/mol. The van der Waals surface area contributed by atoms with Crippen LogP contribution >= 0.6 is 0 Å². The molecule has 0 aliphatic rings. The lowest BCUT2D eigenvalue weighted by atomic mass is 9.92. The van der Waals surface area contributed by atoms with E-state index in [0.717, 1.165) is 22.3 Å². The maximum Gasteiger partial charge on any atom is 0.200 e. The SMILES string of the molecule is Cc1ccc(C)c(-c2cc(O)c(O)c(O)c2)c1C. The summed E-state index contributed by atoms with van der Waals surface area (Å²) < 4.78 is 0. The zero-order valence-corrected chi connectivity index (χ0v) is 10.7. The number of rotatable bonds is 1. The van der Waals surface area contributed by atoms with Gasteiger partial charge >= 0.3 is 0 Å². The van der Waals surface area contributed by atoms with Crippen molar-refractivity contribution >= 4 is 0 Å². The average Bonchev–Trinajstić information content (AvgIpc) is 2.31. The fourth-order valence-electron chi connectivity index (χ4n) is 2.14. The molecule has 94 valence electrons. The van der Waals surface area contributed by atoms with Gasteiger partial charge in [0, 0.05) is 0 Å². The molecule has 0 spiro atoms. The van der Waals surface area contributed by atoms with Gasteiger partial charge in [0.05, 0.1) is 0 Å². The Morgan fingerprint density at radius 1 is 0.778 bits per heavy atom. The first-order chi connectivity index (χ1) is 8.41. The van der Waals surface area contributed by atoms with E-state index in [1.165, 1.54) is 12.1 Å². The van der Waals surface area contributed by atoms with Crippen LogP contribution in [0.15, 0.2) is 24.3 Å². The van der Waals surface area contributed by atoms with E-state index in [0.29, 0.717) is 5.56 Å². The van der Waals surface area contributed by atoms with Crippen LogP contribution < -0.4 is 0 Å². The number of benzene rings is 2. The minimum Gasteiger partial charge on any atom is -0.504 e. The van der Waals surface area contributed by atoms with Gasteiger partial charge in [0.25, 0.3) is 0 Å². The molecule has 2 rings (SSSR count). The Labute approximate surface area is 106 Å². The minimum absolute atomic E-state index is 0.315. The third kappa shape index (κ3) is 1.88. The number of aromatic hydroxyl groups is 3. The van der Waals surface area contributed by atoms with Crippen molar-refractivity contribution in [2.24, 2.45) is 0 Å². The van der Waals surface area contributed by atoms with E-state index in [1.54, 1.807) is 0 Å². The molecule has 0 bridgehead atoms. The largest absolute Gasteiger partial charge is 0.504 e. The van der Waals surface area contributed by atoms with Crippen molar-refractivity contribution in [2.45, 2.75) is 20.8 Å². The Hall–Kier alpha value is -2.16. The smallest absolute Gasteiger partial charge is 0.200 e. The monoisotopic (exact) mass is 244 g/mol. The van der Waals surface area contributed by atoms with Crippen LogP contribution in [0.5, 0.6) is 17.2 Å². The highest BCUT2D eigenvalue weighted by molar-refractivity contribution is 5.76. The van der Waals surface area contributed by atoms with Crippen molar-refractivity contribution in [3.8, 4) is 28.4 Å². The van der Waals surface area contributed by atoms with Crippen LogP contribution in [0.2, 0.25) is 0 Å². The summed E-state index contributed by atoms with van der Waals surface area (Å²) in [4.78, 5) is 0. The van der Waals surface area contributed by atoms with E-state index in [2.05, 4.69) is 0 Å². The van der Waals surface area contributed by atoms with Gasteiger partial charge in [-0.2, -0.15) is 0 Å². The quantitative estimate of drug-likeness (QED) is 0.674. The second-order valence-corrected chi connectivity index (χ2v) is 4.56. The summed E-state index contributed by atoms with van der Waals surface area (Å²) in [5.41, 5.74) is 4.96. The van der Waals surface area contributed by atoms with E-state index in [4.69, 9.17) is 0 Å². The van der Waals surface area contributed by atoms with Gasteiger partial charge in [0.2, 0.25) is 0 Å². The van der Waals surface area contributed by atoms with Gasteiger partial charge in [-0.15, -0.1) is 0 Å². The number of aryl methyl sites for hydroxylation is 2. The molecule has 0 atom stereocenters. The topological polar surface area (TPSA) is 60.7 Å². The standard InChI is InChI=1S/C15H16O3/c1-8-4-5-9(2)14(10(8)3)11-6-12(16)15(18)13(17)7-11/h4-7,16-18H,1-3H3. The molecule has 2 aromatic carbocycles. The molecule has 3 N–H and O–H groups in total. The Morgan fingerprint density at radius 3 is 1.83 bits per heavy atom. The van der Waals surface area contributed by atoms with Crippen molar-refractivity contribution in [3.05, 3.63) is 41.0 Å². The lowest BCUT2D eigenvalue weighted by Crippen LogP contribution is -1.91. The van der Waals surface area contributed by atoms with E-state index in [1.807, 2.05) is 32.9 Å². The highest BCUT2D eigenvalue weighted by atomic mass is 16.3. The third-order valence-electron chi connectivity index (χ3n) is 3.30. The van der Waals surface area contributed by atoms with E-state index < -0.39 is 5.75 Å².